The Bertz CT molecular complexity index is 1090. The summed E-state index contributed by atoms with van der Waals surface area (Å²) < 4.78 is 10.1. The Labute approximate surface area is 170 Å². The fraction of sp³-hybridized carbons (Fsp3) is 0.150. The van der Waals surface area contributed by atoms with Crippen molar-refractivity contribution in [3.8, 4) is 0 Å². The number of thioether (sulfide) groups is 1. The number of benzene rings is 2. The molecule has 0 aliphatic carbocycles. The smallest absolute Gasteiger partial charge is 0.339 e. The monoisotopic (exact) mass is 412 g/mol. The Balaban J connectivity index is 1.88. The van der Waals surface area contributed by atoms with Gasteiger partial charge in [0.2, 0.25) is 0 Å². The van der Waals surface area contributed by atoms with Gasteiger partial charge in [-0.1, -0.05) is 23.4 Å². The van der Waals surface area contributed by atoms with Crippen LogP contribution < -0.4 is 0 Å². The molecule has 29 heavy (non-hydrogen) atoms. The molecule has 0 aliphatic heterocycles. The number of nitrogens with zero attached hydrogens (tertiary/aromatic N) is 2. The molecule has 0 amide bonds. The average Bonchev–Trinajstić information content (AvgIpc) is 3.16. The lowest BCUT2D eigenvalue weighted by Crippen LogP contribution is -2.13. The molecule has 3 aromatic rings. The summed E-state index contributed by atoms with van der Waals surface area (Å²) in [6.07, 6.45) is 1.71. The van der Waals surface area contributed by atoms with Crippen LogP contribution in [-0.2, 0) is 11.3 Å². The zero-order valence-electron chi connectivity index (χ0n) is 15.6. The van der Waals surface area contributed by atoms with E-state index in [1.54, 1.807) is 31.4 Å². The van der Waals surface area contributed by atoms with Crippen LogP contribution in [0.4, 0.5) is 5.69 Å². The van der Waals surface area contributed by atoms with E-state index in [1.807, 2.05) is 0 Å². The van der Waals surface area contributed by atoms with Gasteiger partial charge in [0.15, 0.2) is 5.78 Å². The SMILES string of the molecule is CSc1ccc(C(=O)c2ccccc2C(=O)OCc2cc(C)on2)cc1[N+](=O)[O-]. The molecule has 0 bridgehead atoms. The summed E-state index contributed by atoms with van der Waals surface area (Å²) in [6, 6.07) is 12.0. The second-order valence-electron chi connectivity index (χ2n) is 6.02. The Morgan fingerprint density at radius 3 is 2.52 bits per heavy atom. The standard InChI is InChI=1S/C20H16N2O6S/c1-12-9-14(21-28-12)11-27-20(24)16-6-4-3-5-15(16)19(23)13-7-8-18(29-2)17(10-13)22(25)26/h3-10H,11H2,1-2H3. The Kier molecular flexibility index (Phi) is 6.08. The summed E-state index contributed by atoms with van der Waals surface area (Å²) in [5, 5.41) is 15.0. The number of hydrogen-bond acceptors (Lipinski definition) is 8. The number of nitro groups is 1. The number of ether oxygens (including phenoxy) is 1. The van der Waals surface area contributed by atoms with E-state index in [0.717, 1.165) is 0 Å². The number of hydrogen-bond donors (Lipinski definition) is 0. The van der Waals surface area contributed by atoms with E-state index in [4.69, 9.17) is 9.26 Å². The maximum Gasteiger partial charge on any atom is 0.339 e. The molecule has 0 unspecified atom stereocenters. The van der Waals surface area contributed by atoms with Crippen molar-refractivity contribution in [2.24, 2.45) is 0 Å². The number of aromatic nitrogens is 1. The first-order valence-corrected chi connectivity index (χ1v) is 9.68. The summed E-state index contributed by atoms with van der Waals surface area (Å²) in [4.78, 5) is 36.7. The molecule has 0 spiro atoms. The van der Waals surface area contributed by atoms with Gasteiger partial charge in [-0.3, -0.25) is 14.9 Å². The third-order valence-corrected chi connectivity index (χ3v) is 4.84. The van der Waals surface area contributed by atoms with Crippen LogP contribution in [-0.4, -0.2) is 28.1 Å². The van der Waals surface area contributed by atoms with Gasteiger partial charge in [-0.15, -0.1) is 11.8 Å². The molecule has 0 aliphatic rings. The number of nitro benzene ring substituents is 1. The second-order valence-corrected chi connectivity index (χ2v) is 6.87. The van der Waals surface area contributed by atoms with Gasteiger partial charge in [0, 0.05) is 23.3 Å². The fourth-order valence-corrected chi connectivity index (χ4v) is 3.24. The van der Waals surface area contributed by atoms with Crippen molar-refractivity contribution in [1.29, 1.82) is 0 Å². The maximum absolute atomic E-state index is 13.0. The number of aryl methyl sites for hydroxylation is 1. The van der Waals surface area contributed by atoms with E-state index in [-0.39, 0.29) is 29.0 Å². The molecule has 0 fully saturated rings. The van der Waals surface area contributed by atoms with Crippen molar-refractivity contribution in [3.05, 3.63) is 86.8 Å². The van der Waals surface area contributed by atoms with Crippen LogP contribution in [0.25, 0.3) is 0 Å². The molecular formula is C20H16N2O6S. The summed E-state index contributed by atoms with van der Waals surface area (Å²) in [5.74, 6) is -0.627. The van der Waals surface area contributed by atoms with E-state index in [0.29, 0.717) is 16.3 Å². The lowest BCUT2D eigenvalue weighted by atomic mass is 9.98. The lowest BCUT2D eigenvalue weighted by molar-refractivity contribution is -0.387. The van der Waals surface area contributed by atoms with Gasteiger partial charge in [0.05, 0.1) is 15.4 Å². The van der Waals surface area contributed by atoms with Crippen molar-refractivity contribution >= 4 is 29.2 Å². The molecular weight excluding hydrogens is 396 g/mol. The highest BCUT2D eigenvalue weighted by atomic mass is 32.2. The molecule has 0 atom stereocenters. The minimum Gasteiger partial charge on any atom is -0.455 e. The average molecular weight is 412 g/mol. The van der Waals surface area contributed by atoms with E-state index < -0.39 is 16.7 Å². The molecule has 1 heterocycles. The Morgan fingerprint density at radius 2 is 1.90 bits per heavy atom. The van der Waals surface area contributed by atoms with Gasteiger partial charge in [0.25, 0.3) is 5.69 Å². The highest BCUT2D eigenvalue weighted by Gasteiger charge is 2.22. The maximum atomic E-state index is 13.0. The predicted octanol–water partition coefficient (Wildman–Crippen LogP) is 4.20. The Morgan fingerprint density at radius 1 is 1.17 bits per heavy atom. The molecule has 0 saturated carbocycles. The number of esters is 1. The van der Waals surface area contributed by atoms with Crippen LogP contribution in [0.15, 0.2) is 57.9 Å². The number of carbonyl (C=O) groups excluding carboxylic acids is 2. The van der Waals surface area contributed by atoms with Gasteiger partial charge in [-0.25, -0.2) is 4.79 Å². The van der Waals surface area contributed by atoms with Gasteiger partial charge in [-0.05, 0) is 31.4 Å². The largest absolute Gasteiger partial charge is 0.455 e. The highest BCUT2D eigenvalue weighted by molar-refractivity contribution is 7.98. The van der Waals surface area contributed by atoms with Crippen LogP contribution in [0.1, 0.15) is 37.7 Å². The minimum absolute atomic E-state index is 0.0642. The summed E-state index contributed by atoms with van der Waals surface area (Å²) in [5.41, 5.74) is 0.559. The first kappa shape index (κ1) is 20.3. The van der Waals surface area contributed by atoms with Gasteiger partial charge >= 0.3 is 5.97 Å². The van der Waals surface area contributed by atoms with E-state index in [1.165, 1.54) is 42.1 Å². The molecule has 0 saturated heterocycles. The fourth-order valence-electron chi connectivity index (χ4n) is 2.69. The molecule has 3 rings (SSSR count). The lowest BCUT2D eigenvalue weighted by Gasteiger charge is -2.09. The minimum atomic E-state index is -0.704. The molecule has 9 heteroatoms. The Hall–Kier alpha value is -3.46. The summed E-state index contributed by atoms with van der Waals surface area (Å²) >= 11 is 1.21. The van der Waals surface area contributed by atoms with Crippen molar-refractivity contribution in [3.63, 3.8) is 0 Å². The quantitative estimate of drug-likeness (QED) is 0.187. The molecule has 0 radical (unpaired) electrons. The molecule has 148 valence electrons. The molecule has 1 aromatic heterocycles. The third-order valence-electron chi connectivity index (χ3n) is 4.06. The molecule has 2 aromatic carbocycles. The van der Waals surface area contributed by atoms with Crippen molar-refractivity contribution < 1.29 is 23.8 Å². The predicted molar refractivity (Wildman–Crippen MR) is 105 cm³/mol. The second kappa shape index (κ2) is 8.70. The summed E-state index contributed by atoms with van der Waals surface area (Å²) in [7, 11) is 0. The van der Waals surface area contributed by atoms with Crippen molar-refractivity contribution in [2.75, 3.05) is 6.26 Å². The van der Waals surface area contributed by atoms with E-state index >= 15 is 0 Å². The van der Waals surface area contributed by atoms with Crippen LogP contribution in [0.2, 0.25) is 0 Å². The van der Waals surface area contributed by atoms with E-state index in [2.05, 4.69) is 5.16 Å². The normalized spacial score (nSPS) is 10.6. The first-order valence-electron chi connectivity index (χ1n) is 8.46. The zero-order valence-corrected chi connectivity index (χ0v) is 16.4. The summed E-state index contributed by atoms with van der Waals surface area (Å²) in [6.45, 7) is 1.61. The van der Waals surface area contributed by atoms with Gasteiger partial charge < -0.3 is 9.26 Å². The van der Waals surface area contributed by atoms with Crippen LogP contribution >= 0.6 is 11.8 Å². The molecule has 8 nitrogen and oxygen atoms in total. The number of rotatable bonds is 7. The van der Waals surface area contributed by atoms with Crippen molar-refractivity contribution in [1.82, 2.24) is 5.16 Å². The van der Waals surface area contributed by atoms with E-state index in [9.17, 15) is 19.7 Å². The number of ketones is 1. The third kappa shape index (κ3) is 4.52. The number of carbonyl (C=O) groups is 2. The molecule has 0 N–H and O–H groups in total. The highest BCUT2D eigenvalue weighted by Crippen LogP contribution is 2.29. The van der Waals surface area contributed by atoms with Crippen LogP contribution in [0, 0.1) is 17.0 Å². The van der Waals surface area contributed by atoms with Crippen LogP contribution in [0.5, 0.6) is 0 Å². The van der Waals surface area contributed by atoms with Crippen molar-refractivity contribution in [2.45, 2.75) is 18.4 Å². The first-order chi connectivity index (χ1) is 13.9. The van der Waals surface area contributed by atoms with Gasteiger partial charge in [-0.2, -0.15) is 0 Å². The van der Waals surface area contributed by atoms with Crippen LogP contribution in [0.3, 0.4) is 0 Å². The zero-order chi connectivity index (χ0) is 21.0. The van der Waals surface area contributed by atoms with Gasteiger partial charge in [0.1, 0.15) is 18.1 Å². The topological polar surface area (TPSA) is 113 Å².